The number of allylic oxidation sites excluding steroid dienone is 5. The Kier molecular flexibility index (Phi) is 6.20. The lowest BCUT2D eigenvalue weighted by Gasteiger charge is -2.13. The van der Waals surface area contributed by atoms with Gasteiger partial charge in [-0.2, -0.15) is 0 Å². The first-order valence-electron chi connectivity index (χ1n) is 7.13. The van der Waals surface area contributed by atoms with Gasteiger partial charge in [0.2, 0.25) is 0 Å². The number of carbonyl (C=O) groups is 1. The van der Waals surface area contributed by atoms with Gasteiger partial charge in [-0.1, -0.05) is 57.7 Å². The molecular formula is C16H19N3O2S3. The highest BCUT2D eigenvalue weighted by Gasteiger charge is 2.12. The Morgan fingerprint density at radius 1 is 1.17 bits per heavy atom. The zero-order chi connectivity index (χ0) is 17.7. The minimum atomic E-state index is -1.40. The van der Waals surface area contributed by atoms with Crippen molar-refractivity contribution in [1.82, 2.24) is 8.43 Å². The third kappa shape index (κ3) is 5.47. The van der Waals surface area contributed by atoms with Crippen LogP contribution in [0.2, 0.25) is 0 Å². The minimum Gasteiger partial charge on any atom is -0.306 e. The number of rotatable bonds is 4. The van der Waals surface area contributed by atoms with Gasteiger partial charge in [-0.25, -0.2) is 12.7 Å². The molecule has 0 aliphatic heterocycles. The average Bonchev–Trinajstić information content (AvgIpc) is 2.69. The summed E-state index contributed by atoms with van der Waals surface area (Å²) in [6, 6.07) is 6.22. The highest BCUT2D eigenvalue weighted by Crippen LogP contribution is 2.22. The summed E-state index contributed by atoms with van der Waals surface area (Å²) in [6.45, 7) is 4.19. The molecule has 1 aromatic rings. The zero-order valence-electron chi connectivity index (χ0n) is 13.3. The van der Waals surface area contributed by atoms with Crippen LogP contribution in [0.15, 0.2) is 65.2 Å². The molecule has 0 aromatic heterocycles. The molecule has 2 rings (SSSR count). The van der Waals surface area contributed by atoms with E-state index in [-0.39, 0.29) is 5.41 Å². The normalized spacial score (nSPS) is 16.8. The molecule has 0 radical (unpaired) electrons. The number of amides is 2. The molecule has 5 nitrogen and oxygen atoms in total. The molecule has 128 valence electrons. The van der Waals surface area contributed by atoms with Crippen molar-refractivity contribution < 1.29 is 9.00 Å². The second kappa shape index (κ2) is 7.96. The number of urea groups is 1. The molecule has 8 heteroatoms. The number of thiol groups is 2. The molecular weight excluding hydrogens is 362 g/mol. The van der Waals surface area contributed by atoms with Crippen LogP contribution in [0.1, 0.15) is 13.8 Å². The summed E-state index contributed by atoms with van der Waals surface area (Å²) in [7, 11) is -1.40. The Bertz CT molecular complexity index is 723. The first-order valence-corrected chi connectivity index (χ1v) is 9.08. The Balaban J connectivity index is 2.02. The van der Waals surface area contributed by atoms with Crippen LogP contribution < -0.4 is 10.0 Å². The van der Waals surface area contributed by atoms with Gasteiger partial charge in [0.25, 0.3) is 0 Å². The standard InChI is InChI=1S/C16H19N3O2S3/c1-16(2)10-3-4-13(9-11-16)18-24(21)14-7-5-12(6-8-14)17-15(20)19(22)23/h3-11,18,22-23H,1-2H3,(H,17,20). The lowest BCUT2D eigenvalue weighted by molar-refractivity contribution is 0.250. The van der Waals surface area contributed by atoms with Crippen molar-refractivity contribution in [3.63, 3.8) is 0 Å². The second-order valence-electron chi connectivity index (χ2n) is 5.75. The van der Waals surface area contributed by atoms with Crippen LogP contribution in [0.3, 0.4) is 0 Å². The summed E-state index contributed by atoms with van der Waals surface area (Å²) in [4.78, 5) is 12.0. The Morgan fingerprint density at radius 3 is 2.46 bits per heavy atom. The summed E-state index contributed by atoms with van der Waals surface area (Å²) in [6.07, 6.45) is 9.86. The highest BCUT2D eigenvalue weighted by molar-refractivity contribution is 7.94. The number of hydrogen-bond donors (Lipinski definition) is 4. The molecule has 0 saturated heterocycles. The van der Waals surface area contributed by atoms with E-state index >= 15 is 0 Å². The first kappa shape index (κ1) is 18.7. The lowest BCUT2D eigenvalue weighted by Crippen LogP contribution is -2.19. The molecule has 24 heavy (non-hydrogen) atoms. The van der Waals surface area contributed by atoms with Gasteiger partial charge >= 0.3 is 6.03 Å². The van der Waals surface area contributed by atoms with Crippen LogP contribution in [0.25, 0.3) is 0 Å². The van der Waals surface area contributed by atoms with E-state index in [1.54, 1.807) is 24.3 Å². The van der Waals surface area contributed by atoms with Gasteiger partial charge in [0.15, 0.2) is 0 Å². The smallest absolute Gasteiger partial charge is 0.306 e. The van der Waals surface area contributed by atoms with E-state index in [1.807, 2.05) is 24.3 Å². The van der Waals surface area contributed by atoms with Gasteiger partial charge in [-0.05, 0) is 36.4 Å². The molecule has 1 aliphatic rings. The van der Waals surface area contributed by atoms with Crippen LogP contribution in [-0.4, -0.2) is 14.0 Å². The third-order valence-electron chi connectivity index (χ3n) is 3.21. The molecule has 1 aromatic carbocycles. The van der Waals surface area contributed by atoms with Crippen LogP contribution >= 0.6 is 25.6 Å². The Hall–Kier alpha value is -1.64. The van der Waals surface area contributed by atoms with Crippen molar-refractivity contribution >= 4 is 48.3 Å². The van der Waals surface area contributed by atoms with Gasteiger partial charge < -0.3 is 10.0 Å². The minimum absolute atomic E-state index is 0.0326. The number of benzene rings is 1. The number of nitrogens with one attached hydrogen (secondary N) is 2. The van der Waals surface area contributed by atoms with E-state index in [2.05, 4.69) is 55.6 Å². The van der Waals surface area contributed by atoms with Crippen molar-refractivity contribution in [2.45, 2.75) is 18.7 Å². The van der Waals surface area contributed by atoms with E-state index in [0.29, 0.717) is 10.6 Å². The van der Waals surface area contributed by atoms with Crippen LogP contribution in [0.5, 0.6) is 0 Å². The van der Waals surface area contributed by atoms with Crippen LogP contribution in [0.4, 0.5) is 10.5 Å². The van der Waals surface area contributed by atoms with Crippen LogP contribution in [-0.2, 0) is 11.0 Å². The largest absolute Gasteiger partial charge is 0.341 e. The van der Waals surface area contributed by atoms with Crippen molar-refractivity contribution in [1.29, 1.82) is 0 Å². The summed E-state index contributed by atoms with van der Waals surface area (Å²) in [5.74, 6) is 0. The monoisotopic (exact) mass is 381 g/mol. The topological polar surface area (TPSA) is 61.4 Å². The quantitative estimate of drug-likeness (QED) is 0.599. The van der Waals surface area contributed by atoms with Gasteiger partial charge in [0.05, 0.1) is 4.90 Å². The van der Waals surface area contributed by atoms with Crippen molar-refractivity contribution in [2.24, 2.45) is 5.41 Å². The first-order chi connectivity index (χ1) is 11.3. The molecule has 2 amide bonds. The van der Waals surface area contributed by atoms with Gasteiger partial charge in [-0.15, -0.1) is 0 Å². The van der Waals surface area contributed by atoms with Crippen molar-refractivity contribution in [2.75, 3.05) is 5.32 Å². The van der Waals surface area contributed by atoms with E-state index in [4.69, 9.17) is 0 Å². The number of anilines is 1. The zero-order valence-corrected chi connectivity index (χ0v) is 15.9. The molecule has 0 saturated carbocycles. The summed E-state index contributed by atoms with van der Waals surface area (Å²) in [5.41, 5.74) is 1.30. The molecule has 0 fully saturated rings. The fourth-order valence-electron chi connectivity index (χ4n) is 1.88. The number of carbonyl (C=O) groups excluding carboxylic acids is 1. The molecule has 0 bridgehead atoms. The molecule has 1 atom stereocenters. The predicted molar refractivity (Wildman–Crippen MR) is 105 cm³/mol. The van der Waals surface area contributed by atoms with Crippen LogP contribution in [0, 0.1) is 5.41 Å². The molecule has 0 spiro atoms. The number of hydrogen-bond acceptors (Lipinski definition) is 4. The predicted octanol–water partition coefficient (Wildman–Crippen LogP) is 3.86. The summed E-state index contributed by atoms with van der Waals surface area (Å²) < 4.78 is 16.2. The maximum absolute atomic E-state index is 12.4. The SMILES string of the molecule is CC1(C)C=CC=C(NS(=O)c2ccc(NC(=O)N(S)S)cc2)C=C1. The van der Waals surface area contributed by atoms with E-state index in [9.17, 15) is 9.00 Å². The van der Waals surface area contributed by atoms with E-state index in [0.717, 1.165) is 9.41 Å². The second-order valence-corrected chi connectivity index (χ2v) is 8.08. The Labute approximate surface area is 155 Å². The third-order valence-corrected chi connectivity index (χ3v) is 4.69. The molecule has 2 N–H and O–H groups in total. The average molecular weight is 382 g/mol. The lowest BCUT2D eigenvalue weighted by atomic mass is 9.93. The molecule has 1 unspecified atom stereocenters. The molecule has 0 heterocycles. The maximum Gasteiger partial charge on any atom is 0.341 e. The maximum atomic E-state index is 12.4. The summed E-state index contributed by atoms with van der Waals surface area (Å²) >= 11 is 7.56. The number of nitrogens with zero attached hydrogens (tertiary/aromatic N) is 1. The van der Waals surface area contributed by atoms with Crippen molar-refractivity contribution in [3.05, 3.63) is 60.3 Å². The highest BCUT2D eigenvalue weighted by atomic mass is 32.2. The molecule has 1 aliphatic carbocycles. The summed E-state index contributed by atoms with van der Waals surface area (Å²) in [5, 5.41) is 2.59. The fraction of sp³-hybridized carbons (Fsp3) is 0.188. The van der Waals surface area contributed by atoms with Gasteiger partial charge in [-0.3, -0.25) is 0 Å². The Morgan fingerprint density at radius 2 is 1.83 bits per heavy atom. The van der Waals surface area contributed by atoms with Gasteiger partial charge in [0.1, 0.15) is 11.0 Å². The van der Waals surface area contributed by atoms with E-state index < -0.39 is 17.0 Å². The van der Waals surface area contributed by atoms with E-state index in [1.165, 1.54) is 0 Å². The fourth-order valence-corrected chi connectivity index (χ4v) is 2.84. The van der Waals surface area contributed by atoms with Gasteiger partial charge in [0, 0.05) is 16.8 Å². The van der Waals surface area contributed by atoms with Crippen molar-refractivity contribution in [3.8, 4) is 0 Å².